The summed E-state index contributed by atoms with van der Waals surface area (Å²) in [6.45, 7) is 2.62. The highest BCUT2D eigenvalue weighted by molar-refractivity contribution is 7.86. The predicted molar refractivity (Wildman–Crippen MR) is 102 cm³/mol. The lowest BCUT2D eigenvalue weighted by atomic mass is 10.2. The highest BCUT2D eigenvalue weighted by Gasteiger charge is 2.16. The van der Waals surface area contributed by atoms with Gasteiger partial charge in [0.25, 0.3) is 10.1 Å². The van der Waals surface area contributed by atoms with Crippen LogP contribution in [0.1, 0.15) is 34.6 Å². The minimum Gasteiger partial charge on any atom is -0.326 e. The minimum atomic E-state index is -4.43. The summed E-state index contributed by atoms with van der Waals surface area (Å²) in [5, 5.41) is 4.82. The SMILES string of the molecule is CC(=O)Nc1cc(C=O)ccc1S(=O)(=O)O.CC(=O)Nc1ccc(C=O)cc1. The molecule has 2 aromatic rings. The molecule has 0 unspecified atom stereocenters. The Morgan fingerprint density at radius 1 is 0.857 bits per heavy atom. The van der Waals surface area contributed by atoms with Gasteiger partial charge < -0.3 is 10.6 Å². The Balaban J connectivity index is 0.000000292. The van der Waals surface area contributed by atoms with Gasteiger partial charge in [-0.25, -0.2) is 0 Å². The Bertz CT molecular complexity index is 983. The average Bonchev–Trinajstić information content (AvgIpc) is 2.61. The lowest BCUT2D eigenvalue weighted by Crippen LogP contribution is -2.11. The number of carbonyl (C=O) groups is 4. The molecule has 9 nitrogen and oxygen atoms in total. The molecular formula is C18H18N2O7S. The Labute approximate surface area is 161 Å². The van der Waals surface area contributed by atoms with Crippen LogP contribution >= 0.6 is 0 Å². The first-order valence-corrected chi connectivity index (χ1v) is 9.18. The Hall–Kier alpha value is -3.37. The molecule has 2 rings (SSSR count). The van der Waals surface area contributed by atoms with Crippen LogP contribution in [0, 0.1) is 0 Å². The second kappa shape index (κ2) is 10.1. The van der Waals surface area contributed by atoms with E-state index in [1.54, 1.807) is 24.3 Å². The van der Waals surface area contributed by atoms with Gasteiger partial charge in [0, 0.05) is 30.7 Å². The first kappa shape index (κ1) is 22.7. The quantitative estimate of drug-likeness (QED) is 0.509. The first-order valence-electron chi connectivity index (χ1n) is 7.74. The smallest absolute Gasteiger partial charge is 0.296 e. The molecule has 0 aromatic heterocycles. The maximum atomic E-state index is 11.0. The van der Waals surface area contributed by atoms with Gasteiger partial charge in [0.15, 0.2) is 0 Å². The molecular weight excluding hydrogens is 388 g/mol. The molecule has 2 amide bonds. The fraction of sp³-hybridized carbons (Fsp3) is 0.111. The molecule has 0 bridgehead atoms. The number of aldehydes is 2. The molecule has 0 spiro atoms. The molecule has 0 aliphatic heterocycles. The molecule has 10 heteroatoms. The van der Waals surface area contributed by atoms with Crippen molar-refractivity contribution in [2.75, 3.05) is 10.6 Å². The third-order valence-corrected chi connectivity index (χ3v) is 4.01. The van der Waals surface area contributed by atoms with Gasteiger partial charge in [0.2, 0.25) is 11.8 Å². The minimum absolute atomic E-state index is 0.117. The number of anilines is 2. The van der Waals surface area contributed by atoms with Crippen molar-refractivity contribution in [3.63, 3.8) is 0 Å². The number of carbonyl (C=O) groups excluding carboxylic acids is 4. The summed E-state index contributed by atoms with van der Waals surface area (Å²) in [7, 11) is -4.43. The summed E-state index contributed by atoms with van der Waals surface area (Å²) >= 11 is 0. The van der Waals surface area contributed by atoms with Crippen LogP contribution in [-0.2, 0) is 19.7 Å². The molecule has 0 fully saturated rings. The Morgan fingerprint density at radius 2 is 1.36 bits per heavy atom. The van der Waals surface area contributed by atoms with Gasteiger partial charge in [-0.05, 0) is 36.4 Å². The monoisotopic (exact) mass is 406 g/mol. The molecule has 0 radical (unpaired) electrons. The topological polar surface area (TPSA) is 147 Å². The molecule has 0 heterocycles. The van der Waals surface area contributed by atoms with E-state index in [4.69, 9.17) is 4.55 Å². The van der Waals surface area contributed by atoms with Crippen LogP contribution in [0.5, 0.6) is 0 Å². The van der Waals surface area contributed by atoms with Crippen LogP contribution in [0.25, 0.3) is 0 Å². The zero-order valence-corrected chi connectivity index (χ0v) is 15.8. The second-order valence-corrected chi connectivity index (χ2v) is 6.84. The summed E-state index contributed by atoms with van der Waals surface area (Å²) in [4.78, 5) is 41.7. The maximum absolute atomic E-state index is 11.0. The van der Waals surface area contributed by atoms with Crippen LogP contribution in [0.4, 0.5) is 11.4 Å². The van der Waals surface area contributed by atoms with Crippen molar-refractivity contribution >= 4 is 45.9 Å². The third kappa shape index (κ3) is 7.48. The summed E-state index contributed by atoms with van der Waals surface area (Å²) in [5.41, 5.74) is 1.37. The molecule has 0 aliphatic rings. The van der Waals surface area contributed by atoms with Crippen molar-refractivity contribution in [3.8, 4) is 0 Å². The predicted octanol–water partition coefficient (Wildman–Crippen LogP) is 2.16. The Kier molecular flexibility index (Phi) is 8.17. The second-order valence-electron chi connectivity index (χ2n) is 5.45. The van der Waals surface area contributed by atoms with E-state index < -0.39 is 20.9 Å². The zero-order valence-electron chi connectivity index (χ0n) is 15.0. The summed E-state index contributed by atoms with van der Waals surface area (Å²) in [6, 6.07) is 10.1. The first-order chi connectivity index (χ1) is 13.1. The summed E-state index contributed by atoms with van der Waals surface area (Å²) in [6.07, 6.45) is 1.26. The van der Waals surface area contributed by atoms with Crippen LogP contribution in [-0.4, -0.2) is 37.4 Å². The zero-order chi connectivity index (χ0) is 21.3. The summed E-state index contributed by atoms with van der Waals surface area (Å²) < 4.78 is 30.8. The molecule has 0 saturated carbocycles. The standard InChI is InChI=1S/C9H9NO5S.C9H9NO2/c1-6(12)10-8-4-7(5-11)2-3-9(8)16(13,14)15;1-7(12)10-9-4-2-8(6-11)3-5-9/h2-5H,1H3,(H,10,12)(H,13,14,15);2-6H,1H3,(H,10,12). The molecule has 0 saturated heterocycles. The van der Waals surface area contributed by atoms with Gasteiger partial charge in [-0.15, -0.1) is 0 Å². The van der Waals surface area contributed by atoms with Gasteiger partial charge in [-0.3, -0.25) is 23.7 Å². The number of rotatable bonds is 5. The fourth-order valence-electron chi connectivity index (χ4n) is 1.98. The van der Waals surface area contributed by atoms with Gasteiger partial charge in [-0.1, -0.05) is 6.07 Å². The normalized spacial score (nSPS) is 10.1. The lowest BCUT2D eigenvalue weighted by Gasteiger charge is -2.07. The van der Waals surface area contributed by atoms with E-state index in [1.807, 2.05) is 0 Å². The van der Waals surface area contributed by atoms with E-state index in [0.717, 1.165) is 18.4 Å². The van der Waals surface area contributed by atoms with Crippen molar-refractivity contribution in [2.24, 2.45) is 0 Å². The largest absolute Gasteiger partial charge is 0.326 e. The van der Waals surface area contributed by atoms with Crippen molar-refractivity contribution in [1.29, 1.82) is 0 Å². The highest BCUT2D eigenvalue weighted by atomic mass is 32.2. The van der Waals surface area contributed by atoms with Crippen molar-refractivity contribution in [3.05, 3.63) is 53.6 Å². The van der Waals surface area contributed by atoms with E-state index in [0.29, 0.717) is 17.5 Å². The number of nitrogens with one attached hydrogen (secondary N) is 2. The van der Waals surface area contributed by atoms with Crippen LogP contribution < -0.4 is 10.6 Å². The Morgan fingerprint density at radius 3 is 1.79 bits per heavy atom. The highest BCUT2D eigenvalue weighted by Crippen LogP contribution is 2.22. The van der Waals surface area contributed by atoms with Crippen molar-refractivity contribution in [2.45, 2.75) is 18.7 Å². The van der Waals surface area contributed by atoms with Gasteiger partial charge in [0.1, 0.15) is 17.5 Å². The molecule has 0 atom stereocenters. The maximum Gasteiger partial charge on any atom is 0.296 e. The number of benzene rings is 2. The number of hydrogen-bond donors (Lipinski definition) is 3. The van der Waals surface area contributed by atoms with Crippen LogP contribution in [0.2, 0.25) is 0 Å². The molecule has 28 heavy (non-hydrogen) atoms. The van der Waals surface area contributed by atoms with Gasteiger partial charge in [-0.2, -0.15) is 8.42 Å². The van der Waals surface area contributed by atoms with E-state index in [2.05, 4.69) is 10.6 Å². The van der Waals surface area contributed by atoms with E-state index >= 15 is 0 Å². The number of amides is 2. The van der Waals surface area contributed by atoms with E-state index in [1.165, 1.54) is 19.9 Å². The number of hydrogen-bond acceptors (Lipinski definition) is 6. The fourth-order valence-corrected chi connectivity index (χ4v) is 2.61. The van der Waals surface area contributed by atoms with E-state index in [9.17, 15) is 27.6 Å². The summed E-state index contributed by atoms with van der Waals surface area (Å²) in [5.74, 6) is -0.623. The lowest BCUT2D eigenvalue weighted by molar-refractivity contribution is -0.115. The van der Waals surface area contributed by atoms with Gasteiger partial charge >= 0.3 is 0 Å². The van der Waals surface area contributed by atoms with Crippen LogP contribution in [0.3, 0.4) is 0 Å². The average molecular weight is 406 g/mol. The molecule has 2 aromatic carbocycles. The molecule has 148 valence electrons. The van der Waals surface area contributed by atoms with Crippen LogP contribution in [0.15, 0.2) is 47.4 Å². The third-order valence-electron chi connectivity index (χ3n) is 3.10. The van der Waals surface area contributed by atoms with Crippen molar-refractivity contribution in [1.82, 2.24) is 0 Å². The molecule has 3 N–H and O–H groups in total. The molecule has 0 aliphatic carbocycles. The van der Waals surface area contributed by atoms with E-state index in [-0.39, 0.29) is 17.2 Å². The van der Waals surface area contributed by atoms with Crippen molar-refractivity contribution < 1.29 is 32.1 Å². The van der Waals surface area contributed by atoms with Gasteiger partial charge in [0.05, 0.1) is 5.69 Å².